The second-order valence-corrected chi connectivity index (χ2v) is 8.11. The Hall–Kier alpha value is -3.49. The summed E-state index contributed by atoms with van der Waals surface area (Å²) in [6.07, 6.45) is 4.59. The van der Waals surface area contributed by atoms with E-state index in [0.717, 1.165) is 24.1 Å². The zero-order chi connectivity index (χ0) is 22.0. The molecule has 0 aliphatic carbocycles. The topological polar surface area (TPSA) is 97.5 Å². The van der Waals surface area contributed by atoms with E-state index in [9.17, 15) is 4.79 Å². The van der Waals surface area contributed by atoms with E-state index in [1.165, 1.54) is 6.33 Å². The Morgan fingerprint density at radius 1 is 1.19 bits per heavy atom. The third-order valence-electron chi connectivity index (χ3n) is 5.15. The van der Waals surface area contributed by atoms with Gasteiger partial charge in [-0.15, -0.1) is 0 Å². The third kappa shape index (κ3) is 4.08. The van der Waals surface area contributed by atoms with Crippen LogP contribution in [0.25, 0.3) is 11.0 Å². The predicted molar refractivity (Wildman–Crippen MR) is 120 cm³/mol. The van der Waals surface area contributed by atoms with Gasteiger partial charge in [-0.25, -0.2) is 14.6 Å². The standard InChI is InChI=1S/C22H28N8O/c1-5-9-17-18-19(28(4)27-17)20(31)26-22(25-18)29(12-15(2)3)21(30-14-23-13-24-30)16-10-7-6-8-11-16/h6-8,10-11,13-15,21H,5,9,12H2,1-4H3,(H,25,26,31). The fourth-order valence-electron chi connectivity index (χ4n) is 3.92. The van der Waals surface area contributed by atoms with Gasteiger partial charge in [0.2, 0.25) is 5.95 Å². The molecule has 4 rings (SSSR count). The van der Waals surface area contributed by atoms with Crippen LogP contribution >= 0.6 is 0 Å². The van der Waals surface area contributed by atoms with Gasteiger partial charge in [0, 0.05) is 13.6 Å². The first kappa shape index (κ1) is 20.8. The highest BCUT2D eigenvalue weighted by atomic mass is 16.1. The van der Waals surface area contributed by atoms with Crippen LogP contribution in [0.15, 0.2) is 47.8 Å². The summed E-state index contributed by atoms with van der Waals surface area (Å²) in [6, 6.07) is 10.1. The van der Waals surface area contributed by atoms with Crippen LogP contribution in [0, 0.1) is 5.92 Å². The quantitative estimate of drug-likeness (QED) is 0.471. The van der Waals surface area contributed by atoms with Gasteiger partial charge < -0.3 is 4.90 Å². The normalized spacial score (nSPS) is 12.5. The van der Waals surface area contributed by atoms with Crippen LogP contribution in [-0.4, -0.2) is 41.1 Å². The van der Waals surface area contributed by atoms with E-state index in [-0.39, 0.29) is 11.7 Å². The van der Waals surface area contributed by atoms with Crippen LogP contribution < -0.4 is 10.5 Å². The van der Waals surface area contributed by atoms with Gasteiger partial charge in [-0.3, -0.25) is 14.5 Å². The molecule has 3 aromatic heterocycles. The molecule has 9 heteroatoms. The molecule has 31 heavy (non-hydrogen) atoms. The molecule has 0 fully saturated rings. The van der Waals surface area contributed by atoms with Crippen molar-refractivity contribution in [1.82, 2.24) is 34.5 Å². The van der Waals surface area contributed by atoms with E-state index in [0.29, 0.717) is 29.4 Å². The fourth-order valence-corrected chi connectivity index (χ4v) is 3.92. The number of aromatic amines is 1. The SMILES string of the molecule is CCCc1nn(C)c2c(=O)[nH]c(N(CC(C)C)C(c3ccccc3)n3cncn3)nc12. The summed E-state index contributed by atoms with van der Waals surface area (Å²) in [7, 11) is 1.78. The summed E-state index contributed by atoms with van der Waals surface area (Å²) in [5.74, 6) is 0.820. The van der Waals surface area contributed by atoms with Gasteiger partial charge in [-0.05, 0) is 17.9 Å². The Morgan fingerprint density at radius 3 is 2.61 bits per heavy atom. The number of hydrogen-bond acceptors (Lipinski definition) is 6. The van der Waals surface area contributed by atoms with Gasteiger partial charge in [-0.2, -0.15) is 10.2 Å². The van der Waals surface area contributed by atoms with E-state index in [1.807, 2.05) is 30.3 Å². The maximum atomic E-state index is 13.1. The smallest absolute Gasteiger partial charge is 0.278 e. The molecule has 0 spiro atoms. The number of hydrogen-bond donors (Lipinski definition) is 1. The first-order chi connectivity index (χ1) is 15.0. The molecule has 1 N–H and O–H groups in total. The molecule has 3 heterocycles. The second-order valence-electron chi connectivity index (χ2n) is 8.11. The fraction of sp³-hybridized carbons (Fsp3) is 0.409. The molecule has 0 amide bonds. The van der Waals surface area contributed by atoms with Gasteiger partial charge in [0.1, 0.15) is 18.2 Å². The largest absolute Gasteiger partial charge is 0.316 e. The van der Waals surface area contributed by atoms with Crippen LogP contribution in [-0.2, 0) is 13.5 Å². The van der Waals surface area contributed by atoms with Crippen LogP contribution in [0.3, 0.4) is 0 Å². The Labute approximate surface area is 180 Å². The minimum Gasteiger partial charge on any atom is -0.316 e. The highest BCUT2D eigenvalue weighted by Crippen LogP contribution is 2.27. The highest BCUT2D eigenvalue weighted by Gasteiger charge is 2.27. The maximum Gasteiger partial charge on any atom is 0.278 e. The number of H-pyrrole nitrogens is 1. The van der Waals surface area contributed by atoms with Crippen molar-refractivity contribution in [3.05, 3.63) is 64.6 Å². The summed E-state index contributed by atoms with van der Waals surface area (Å²) in [5, 5.41) is 8.95. The molecule has 1 atom stereocenters. The lowest BCUT2D eigenvalue weighted by atomic mass is 10.1. The van der Waals surface area contributed by atoms with Crippen LogP contribution in [0.5, 0.6) is 0 Å². The maximum absolute atomic E-state index is 13.1. The van der Waals surface area contributed by atoms with E-state index in [2.05, 4.69) is 45.8 Å². The van der Waals surface area contributed by atoms with E-state index in [1.54, 1.807) is 22.7 Å². The van der Waals surface area contributed by atoms with Gasteiger partial charge in [0.15, 0.2) is 11.7 Å². The Bertz CT molecular complexity index is 1190. The van der Waals surface area contributed by atoms with Crippen LogP contribution in [0.4, 0.5) is 5.95 Å². The van der Waals surface area contributed by atoms with Gasteiger partial charge in [0.25, 0.3) is 5.56 Å². The zero-order valence-corrected chi connectivity index (χ0v) is 18.4. The Morgan fingerprint density at radius 2 is 1.97 bits per heavy atom. The molecule has 1 aromatic carbocycles. The molecule has 9 nitrogen and oxygen atoms in total. The van der Waals surface area contributed by atoms with Crippen molar-refractivity contribution in [3.63, 3.8) is 0 Å². The second kappa shape index (κ2) is 8.71. The molecular formula is C22H28N8O. The average Bonchev–Trinajstić information content (AvgIpc) is 3.37. The Balaban J connectivity index is 1.92. The Kier molecular flexibility index (Phi) is 5.83. The molecule has 1 unspecified atom stereocenters. The number of fused-ring (bicyclic) bond motifs is 1. The number of anilines is 1. The zero-order valence-electron chi connectivity index (χ0n) is 18.4. The predicted octanol–water partition coefficient (Wildman–Crippen LogP) is 2.91. The summed E-state index contributed by atoms with van der Waals surface area (Å²) in [5.41, 5.74) is 2.82. The number of aromatic nitrogens is 7. The monoisotopic (exact) mass is 420 g/mol. The van der Waals surface area contributed by atoms with Crippen molar-refractivity contribution >= 4 is 17.0 Å². The highest BCUT2D eigenvalue weighted by molar-refractivity contribution is 5.78. The molecule has 0 bridgehead atoms. The summed E-state index contributed by atoms with van der Waals surface area (Å²) in [4.78, 5) is 27.2. The molecule has 162 valence electrons. The van der Waals surface area contributed by atoms with E-state index >= 15 is 0 Å². The molecule has 0 saturated heterocycles. The average molecular weight is 421 g/mol. The molecule has 0 radical (unpaired) electrons. The first-order valence-corrected chi connectivity index (χ1v) is 10.6. The van der Waals surface area contributed by atoms with Crippen molar-refractivity contribution < 1.29 is 0 Å². The van der Waals surface area contributed by atoms with E-state index < -0.39 is 0 Å². The summed E-state index contributed by atoms with van der Waals surface area (Å²) in [6.45, 7) is 7.03. The number of nitrogens with one attached hydrogen (secondary N) is 1. The molecule has 4 aromatic rings. The number of nitrogens with zero attached hydrogens (tertiary/aromatic N) is 7. The number of benzene rings is 1. The van der Waals surface area contributed by atoms with Gasteiger partial charge in [0.05, 0.1) is 5.69 Å². The lowest BCUT2D eigenvalue weighted by Gasteiger charge is -2.33. The third-order valence-corrected chi connectivity index (χ3v) is 5.15. The number of aryl methyl sites for hydroxylation is 2. The minimum atomic E-state index is -0.307. The summed E-state index contributed by atoms with van der Waals surface area (Å²) >= 11 is 0. The van der Waals surface area contributed by atoms with Crippen molar-refractivity contribution in [1.29, 1.82) is 0 Å². The van der Waals surface area contributed by atoms with Crippen LogP contribution in [0.2, 0.25) is 0 Å². The summed E-state index contributed by atoms with van der Waals surface area (Å²) < 4.78 is 3.41. The van der Waals surface area contributed by atoms with Crippen molar-refractivity contribution in [2.75, 3.05) is 11.4 Å². The molecule has 0 saturated carbocycles. The lowest BCUT2D eigenvalue weighted by Crippen LogP contribution is -2.38. The van der Waals surface area contributed by atoms with Crippen LogP contribution in [0.1, 0.15) is 44.6 Å². The molecule has 0 aliphatic rings. The van der Waals surface area contributed by atoms with E-state index in [4.69, 9.17) is 4.98 Å². The van der Waals surface area contributed by atoms with Crippen molar-refractivity contribution in [2.24, 2.45) is 13.0 Å². The lowest BCUT2D eigenvalue weighted by molar-refractivity contribution is 0.452. The minimum absolute atomic E-state index is 0.198. The molecular weight excluding hydrogens is 392 g/mol. The van der Waals surface area contributed by atoms with Gasteiger partial charge in [-0.1, -0.05) is 57.5 Å². The molecule has 0 aliphatic heterocycles. The van der Waals surface area contributed by atoms with Gasteiger partial charge >= 0.3 is 0 Å². The number of rotatable bonds is 8. The first-order valence-electron chi connectivity index (χ1n) is 10.6. The van der Waals surface area contributed by atoms with Crippen molar-refractivity contribution in [3.8, 4) is 0 Å². The van der Waals surface area contributed by atoms with Crippen molar-refractivity contribution in [2.45, 2.75) is 39.8 Å².